The van der Waals surface area contributed by atoms with Gasteiger partial charge in [0.25, 0.3) is 0 Å². The van der Waals surface area contributed by atoms with Crippen molar-refractivity contribution in [2.45, 2.75) is 0 Å². The fraction of sp³-hybridized carbons (Fsp3) is 0.250. The van der Waals surface area contributed by atoms with Gasteiger partial charge in [0, 0.05) is 70.5 Å². The van der Waals surface area contributed by atoms with Crippen molar-refractivity contribution in [3.05, 3.63) is 83.9 Å². The molecule has 3 aromatic carbocycles. The van der Waals surface area contributed by atoms with Crippen LogP contribution in [-0.4, -0.2) is 84.0 Å². The molecule has 0 bridgehead atoms. The lowest BCUT2D eigenvalue weighted by Gasteiger charge is -2.29. The van der Waals surface area contributed by atoms with E-state index in [-0.39, 0.29) is 0 Å². The third-order valence-corrected chi connectivity index (χ3v) is 7.95. The Morgan fingerprint density at radius 3 is 1.35 bits per heavy atom. The average Bonchev–Trinajstić information content (AvgIpc) is 3.65. The number of nitrogens with zero attached hydrogens (tertiary/aromatic N) is 2. The Morgan fingerprint density at radius 1 is 0.550 bits per heavy atom. The van der Waals surface area contributed by atoms with Crippen LogP contribution in [0.5, 0.6) is 0 Å². The van der Waals surface area contributed by atoms with E-state index in [1.165, 1.54) is 0 Å². The molecule has 4 N–H and O–H groups in total. The summed E-state index contributed by atoms with van der Waals surface area (Å²) in [7, 11) is 0. The van der Waals surface area contributed by atoms with Gasteiger partial charge in [-0.15, -0.1) is 0 Å². The zero-order chi connectivity index (χ0) is 27.1. The maximum atomic E-state index is 8.63. The number of hydrogen-bond donors (Lipinski definition) is 4. The van der Waals surface area contributed by atoms with Crippen LogP contribution in [0.15, 0.2) is 72.8 Å². The van der Waals surface area contributed by atoms with Crippen molar-refractivity contribution in [2.24, 2.45) is 0 Å². The van der Waals surface area contributed by atoms with Crippen molar-refractivity contribution in [3.63, 3.8) is 0 Å². The second-order valence-electron chi connectivity index (χ2n) is 10.4. The van der Waals surface area contributed by atoms with Gasteiger partial charge in [0.05, 0.1) is 26.4 Å². The van der Waals surface area contributed by atoms with Crippen LogP contribution in [0.3, 0.4) is 0 Å². The highest BCUT2D eigenvalue weighted by Crippen LogP contribution is 2.30. The number of rotatable bonds is 4. The lowest BCUT2D eigenvalue weighted by Crippen LogP contribution is -2.40. The molecule has 0 radical (unpaired) electrons. The summed E-state index contributed by atoms with van der Waals surface area (Å²) >= 11 is 0. The molecule has 202 valence electrons. The average molecular weight is 533 g/mol. The number of hydrogen-bond acceptors (Lipinski definition) is 4. The van der Waals surface area contributed by atoms with Gasteiger partial charge in [0.1, 0.15) is 11.7 Å². The summed E-state index contributed by atoms with van der Waals surface area (Å²) in [5, 5.41) is 19.5. The van der Waals surface area contributed by atoms with Crippen molar-refractivity contribution in [3.8, 4) is 22.5 Å². The fourth-order valence-electron chi connectivity index (χ4n) is 5.63. The summed E-state index contributed by atoms with van der Waals surface area (Å²) in [6, 6.07) is 25.3. The standard InChI is InChI=1S/C32H32N6O2/c33-31(37-9-13-39-14-10-37)25-7-5-23-17-27(35-29(23)19-25)21-1-2-22(4-3-21)28-18-24-6-8-26(20-30(24)36-28)32(34)38-11-15-40-16-12-38/h1-8,17-20,33-36H,9-16H2. The van der Waals surface area contributed by atoms with Crippen molar-refractivity contribution in [1.82, 2.24) is 19.8 Å². The monoisotopic (exact) mass is 532 g/mol. The number of aromatic nitrogens is 2. The van der Waals surface area contributed by atoms with Crippen molar-refractivity contribution in [1.29, 1.82) is 10.8 Å². The summed E-state index contributed by atoms with van der Waals surface area (Å²) in [6.45, 7) is 5.73. The Labute approximate surface area is 232 Å². The minimum absolute atomic E-state index is 0.550. The summed E-state index contributed by atoms with van der Waals surface area (Å²) in [5.41, 5.74) is 8.23. The van der Waals surface area contributed by atoms with E-state index in [2.05, 4.69) is 80.4 Å². The molecular weight excluding hydrogens is 500 g/mol. The molecule has 8 heteroatoms. The molecule has 0 saturated carbocycles. The molecule has 2 aromatic heterocycles. The number of benzene rings is 3. The van der Waals surface area contributed by atoms with Crippen LogP contribution < -0.4 is 0 Å². The molecule has 4 heterocycles. The van der Waals surface area contributed by atoms with E-state index in [4.69, 9.17) is 20.3 Å². The second-order valence-corrected chi connectivity index (χ2v) is 10.4. The molecule has 0 unspecified atom stereocenters. The maximum absolute atomic E-state index is 8.63. The highest BCUT2D eigenvalue weighted by Gasteiger charge is 2.17. The van der Waals surface area contributed by atoms with Gasteiger partial charge in [0.15, 0.2) is 0 Å². The molecule has 0 amide bonds. The molecule has 2 fully saturated rings. The van der Waals surface area contributed by atoms with E-state index in [1.54, 1.807) is 0 Å². The minimum Gasteiger partial charge on any atom is -0.378 e. The molecule has 0 atom stereocenters. The normalized spacial score (nSPS) is 16.1. The second kappa shape index (κ2) is 10.3. The van der Waals surface area contributed by atoms with Gasteiger partial charge in [-0.05, 0) is 35.4 Å². The predicted molar refractivity (Wildman–Crippen MR) is 159 cm³/mol. The summed E-state index contributed by atoms with van der Waals surface area (Å²) in [6.07, 6.45) is 0. The van der Waals surface area contributed by atoms with E-state index in [1.807, 2.05) is 12.1 Å². The maximum Gasteiger partial charge on any atom is 0.128 e. The first-order valence-electron chi connectivity index (χ1n) is 13.8. The number of fused-ring (bicyclic) bond motifs is 2. The molecule has 0 aliphatic carbocycles. The topological polar surface area (TPSA) is 104 Å². The van der Waals surface area contributed by atoms with Crippen LogP contribution in [0, 0.1) is 10.8 Å². The van der Waals surface area contributed by atoms with E-state index in [9.17, 15) is 0 Å². The lowest BCUT2D eigenvalue weighted by atomic mass is 10.1. The Hall–Kier alpha value is -4.40. The van der Waals surface area contributed by atoms with Gasteiger partial charge < -0.3 is 29.2 Å². The number of amidine groups is 2. The smallest absolute Gasteiger partial charge is 0.128 e. The molecular formula is C32H32N6O2. The third-order valence-electron chi connectivity index (χ3n) is 7.95. The highest BCUT2D eigenvalue weighted by molar-refractivity contribution is 6.01. The first kappa shape index (κ1) is 24.6. The van der Waals surface area contributed by atoms with Crippen LogP contribution in [-0.2, 0) is 9.47 Å². The molecule has 2 aliphatic rings. The number of nitrogens with one attached hydrogen (secondary N) is 4. The quantitative estimate of drug-likeness (QED) is 0.186. The van der Waals surface area contributed by atoms with E-state index < -0.39 is 0 Å². The summed E-state index contributed by atoms with van der Waals surface area (Å²) in [5.74, 6) is 1.10. The zero-order valence-electron chi connectivity index (χ0n) is 22.3. The van der Waals surface area contributed by atoms with Gasteiger partial charge in [-0.3, -0.25) is 10.8 Å². The first-order valence-corrected chi connectivity index (χ1v) is 13.8. The SMILES string of the molecule is N=C(c1ccc2cc(-c3ccc(-c4cc5ccc(C(=N)N6CCOCC6)cc5[nH]4)cc3)[nH]c2c1)N1CCOCC1. The first-order chi connectivity index (χ1) is 19.6. The van der Waals surface area contributed by atoms with Crippen molar-refractivity contribution in [2.75, 3.05) is 52.6 Å². The number of aromatic amines is 2. The van der Waals surface area contributed by atoms with Crippen molar-refractivity contribution < 1.29 is 9.47 Å². The molecule has 40 heavy (non-hydrogen) atoms. The number of morpholine rings is 2. The van der Waals surface area contributed by atoms with Crippen molar-refractivity contribution >= 4 is 33.5 Å². The van der Waals surface area contributed by atoms with Gasteiger partial charge in [0.2, 0.25) is 0 Å². The fourth-order valence-corrected chi connectivity index (χ4v) is 5.63. The number of H-pyrrole nitrogens is 2. The molecule has 7 rings (SSSR count). The third kappa shape index (κ3) is 4.65. The van der Waals surface area contributed by atoms with Crippen LogP contribution in [0.25, 0.3) is 44.3 Å². The van der Waals surface area contributed by atoms with E-state index in [0.717, 1.165) is 81.6 Å². The van der Waals surface area contributed by atoms with E-state index in [0.29, 0.717) is 38.1 Å². The van der Waals surface area contributed by atoms with Crippen LogP contribution in [0.1, 0.15) is 11.1 Å². The molecule has 0 spiro atoms. The van der Waals surface area contributed by atoms with E-state index >= 15 is 0 Å². The van der Waals surface area contributed by atoms with Crippen LogP contribution >= 0.6 is 0 Å². The Kier molecular flexibility index (Phi) is 6.34. The van der Waals surface area contributed by atoms with Gasteiger partial charge in [-0.25, -0.2) is 0 Å². The molecule has 2 saturated heterocycles. The molecule has 2 aliphatic heterocycles. The minimum atomic E-state index is 0.550. The Morgan fingerprint density at radius 2 is 0.950 bits per heavy atom. The summed E-state index contributed by atoms with van der Waals surface area (Å²) in [4.78, 5) is 11.3. The zero-order valence-corrected chi connectivity index (χ0v) is 22.3. The Balaban J connectivity index is 1.10. The van der Waals surface area contributed by atoms with Gasteiger partial charge >= 0.3 is 0 Å². The lowest BCUT2D eigenvalue weighted by molar-refractivity contribution is 0.0679. The van der Waals surface area contributed by atoms with Gasteiger partial charge in [-0.2, -0.15) is 0 Å². The van der Waals surface area contributed by atoms with Crippen LogP contribution in [0.4, 0.5) is 0 Å². The number of ether oxygens (including phenoxy) is 2. The van der Waals surface area contributed by atoms with Gasteiger partial charge in [-0.1, -0.05) is 48.5 Å². The van der Waals surface area contributed by atoms with Crippen LogP contribution in [0.2, 0.25) is 0 Å². The largest absolute Gasteiger partial charge is 0.378 e. The highest BCUT2D eigenvalue weighted by atomic mass is 16.5. The summed E-state index contributed by atoms with van der Waals surface area (Å²) < 4.78 is 10.9. The predicted octanol–water partition coefficient (Wildman–Crippen LogP) is 5.30. The Bertz CT molecular complexity index is 1580. The molecule has 8 nitrogen and oxygen atoms in total. The molecule has 5 aromatic rings.